The molecule has 0 N–H and O–H groups in total. The smallest absolute Gasteiger partial charge is 0.0755 e. The van der Waals surface area contributed by atoms with Crippen LogP contribution in [0.2, 0.25) is 0 Å². The molecule has 1 aliphatic heterocycles. The third-order valence-electron chi connectivity index (χ3n) is 16.5. The van der Waals surface area contributed by atoms with Crippen molar-refractivity contribution in [2.45, 2.75) is 5.41 Å². The molecule has 0 saturated heterocycles. The quantitative estimate of drug-likeness (QED) is 0.155. The van der Waals surface area contributed by atoms with E-state index < -0.39 is 5.41 Å². The molecule has 0 bridgehead atoms. The number of anilines is 3. The Morgan fingerprint density at radius 2 is 0.816 bits per heavy atom. The van der Waals surface area contributed by atoms with Gasteiger partial charge in [0.1, 0.15) is 0 Å². The average Bonchev–Trinajstić information content (AvgIpc) is 4.30. The van der Waals surface area contributed by atoms with Crippen LogP contribution in [0, 0.1) is 0 Å². The maximum Gasteiger partial charge on any atom is 0.0755 e. The van der Waals surface area contributed by atoms with Crippen molar-refractivity contribution in [3.63, 3.8) is 0 Å². The summed E-state index contributed by atoms with van der Waals surface area (Å²) in [5.41, 5.74) is 24.7. The fraction of sp³-hybridized carbons (Fsp3) is 0.0137. The van der Waals surface area contributed by atoms with E-state index in [1.165, 1.54) is 99.4 Å². The first-order valence-corrected chi connectivity index (χ1v) is 26.3. The Balaban J connectivity index is 0.913. The molecule has 16 rings (SSSR count). The van der Waals surface area contributed by atoms with Crippen LogP contribution in [0.1, 0.15) is 22.3 Å². The van der Waals surface area contributed by atoms with Gasteiger partial charge >= 0.3 is 0 Å². The number of hydrogen-bond acceptors (Lipinski definition) is 1. The lowest BCUT2D eigenvalue weighted by Gasteiger charge is -2.40. The molecule has 14 aromatic rings. The Hall–Kier alpha value is -9.96. The molecular formula is C73H47N3. The zero-order valence-electron chi connectivity index (χ0n) is 41.5. The van der Waals surface area contributed by atoms with Crippen molar-refractivity contribution in [3.8, 4) is 55.9 Å². The molecule has 2 aliphatic rings. The Labute approximate surface area is 441 Å². The van der Waals surface area contributed by atoms with Gasteiger partial charge in [0.15, 0.2) is 0 Å². The van der Waals surface area contributed by atoms with E-state index in [0.717, 1.165) is 39.4 Å². The summed E-state index contributed by atoms with van der Waals surface area (Å²) in [6.07, 6.45) is 0. The van der Waals surface area contributed by atoms with E-state index in [9.17, 15) is 0 Å². The molecular weight excluding hydrogens is 919 g/mol. The second kappa shape index (κ2) is 16.5. The number of benzene rings is 12. The highest BCUT2D eigenvalue weighted by atomic mass is 15.1. The predicted octanol–water partition coefficient (Wildman–Crippen LogP) is 19.0. The topological polar surface area (TPSA) is 13.1 Å². The number of fused-ring (bicyclic) bond motifs is 15. The minimum absolute atomic E-state index is 0.593. The van der Waals surface area contributed by atoms with Crippen LogP contribution in [0.25, 0.3) is 99.5 Å². The zero-order valence-corrected chi connectivity index (χ0v) is 41.5. The maximum atomic E-state index is 2.53. The monoisotopic (exact) mass is 965 g/mol. The highest BCUT2D eigenvalue weighted by molar-refractivity contribution is 6.13. The van der Waals surface area contributed by atoms with Crippen molar-refractivity contribution in [1.82, 2.24) is 9.13 Å². The Morgan fingerprint density at radius 3 is 1.64 bits per heavy atom. The second-order valence-electron chi connectivity index (χ2n) is 20.4. The van der Waals surface area contributed by atoms with Gasteiger partial charge in [-0.3, -0.25) is 0 Å². The van der Waals surface area contributed by atoms with E-state index in [1.54, 1.807) is 0 Å². The van der Waals surface area contributed by atoms with Crippen molar-refractivity contribution in [3.05, 3.63) is 307 Å². The predicted molar refractivity (Wildman–Crippen MR) is 317 cm³/mol. The Morgan fingerprint density at radius 1 is 0.276 bits per heavy atom. The minimum Gasteiger partial charge on any atom is -0.310 e. The van der Waals surface area contributed by atoms with Crippen molar-refractivity contribution >= 4 is 60.7 Å². The molecule has 0 amide bonds. The lowest BCUT2D eigenvalue weighted by Crippen LogP contribution is -2.33. The lowest BCUT2D eigenvalue weighted by molar-refractivity contribution is 0.748. The number of nitrogens with zero attached hydrogens (tertiary/aromatic N) is 3. The SMILES string of the molecule is c1ccc(-c2cccc(-c3ccccc3N(c3ccc(-c4ccc5c(c4)c4ccccc4n5-c4ccccc4)cc3)c3ccc4c(c3)C3(c5ccccc5-4)c4ccccc4-n4c5ccccc5c5cccc3c54)c2)cc1. The fourth-order valence-corrected chi connectivity index (χ4v) is 13.3. The van der Waals surface area contributed by atoms with Crippen LogP contribution in [-0.4, -0.2) is 9.13 Å². The van der Waals surface area contributed by atoms with Crippen LogP contribution in [0.5, 0.6) is 0 Å². The van der Waals surface area contributed by atoms with Gasteiger partial charge in [-0.25, -0.2) is 0 Å². The van der Waals surface area contributed by atoms with Gasteiger partial charge in [0.05, 0.1) is 38.9 Å². The van der Waals surface area contributed by atoms with Crippen LogP contribution < -0.4 is 4.90 Å². The van der Waals surface area contributed by atoms with Crippen LogP contribution in [0.3, 0.4) is 0 Å². The third-order valence-corrected chi connectivity index (χ3v) is 16.5. The van der Waals surface area contributed by atoms with E-state index in [0.29, 0.717) is 0 Å². The highest BCUT2D eigenvalue weighted by Crippen LogP contribution is 2.62. The third kappa shape index (κ3) is 6.05. The van der Waals surface area contributed by atoms with E-state index >= 15 is 0 Å². The number of para-hydroxylation sites is 6. The molecule has 3 nitrogen and oxygen atoms in total. The van der Waals surface area contributed by atoms with Crippen LogP contribution >= 0.6 is 0 Å². The van der Waals surface area contributed by atoms with Crippen molar-refractivity contribution in [2.24, 2.45) is 0 Å². The summed E-state index contributed by atoms with van der Waals surface area (Å²) in [6, 6.07) is 106. The van der Waals surface area contributed by atoms with Gasteiger partial charge in [0, 0.05) is 44.2 Å². The summed E-state index contributed by atoms with van der Waals surface area (Å²) >= 11 is 0. The number of aromatic nitrogens is 2. The van der Waals surface area contributed by atoms with Gasteiger partial charge in [-0.15, -0.1) is 0 Å². The molecule has 3 heteroatoms. The fourth-order valence-electron chi connectivity index (χ4n) is 13.3. The van der Waals surface area contributed by atoms with Gasteiger partial charge in [-0.2, -0.15) is 0 Å². The number of rotatable bonds is 7. The van der Waals surface area contributed by atoms with Crippen LogP contribution in [-0.2, 0) is 5.41 Å². The molecule has 354 valence electrons. The first kappa shape index (κ1) is 42.5. The first-order chi connectivity index (χ1) is 37.7. The van der Waals surface area contributed by atoms with Gasteiger partial charge in [0.25, 0.3) is 0 Å². The van der Waals surface area contributed by atoms with Crippen molar-refractivity contribution < 1.29 is 0 Å². The molecule has 0 radical (unpaired) electrons. The standard InChI is InChI=1S/C73H47N3/c1-3-19-48(20-4-1)50-21-17-22-52(45-50)56-25-8-13-33-67(56)74(54-40-37-49(38-41-54)51-39-44-70-62(46-51)60-28-10-14-34-68(60)75(70)53-23-5-2-6-24-53)55-42-43-58-57-26-7-11-30-63(57)73(66(58)47-55)64-31-12-16-36-71(64)76-69-35-15-9-27-59(69)61-29-18-32-65(73)72(61)76/h1-47H. The van der Waals surface area contributed by atoms with Crippen LogP contribution in [0.4, 0.5) is 17.1 Å². The largest absolute Gasteiger partial charge is 0.310 e. The normalized spacial score (nSPS) is 14.1. The van der Waals surface area contributed by atoms with Crippen LogP contribution in [0.15, 0.2) is 285 Å². The van der Waals surface area contributed by atoms with Crippen molar-refractivity contribution in [2.75, 3.05) is 4.90 Å². The second-order valence-corrected chi connectivity index (χ2v) is 20.4. The number of hydrogen-bond donors (Lipinski definition) is 0. The summed E-state index contributed by atoms with van der Waals surface area (Å²) in [4.78, 5) is 2.49. The molecule has 0 saturated carbocycles. The maximum absolute atomic E-state index is 2.53. The molecule has 1 unspecified atom stereocenters. The summed E-state index contributed by atoms with van der Waals surface area (Å²) in [5.74, 6) is 0. The molecule has 2 aromatic heterocycles. The molecule has 1 atom stereocenters. The average molecular weight is 966 g/mol. The van der Waals surface area contributed by atoms with Gasteiger partial charge < -0.3 is 14.0 Å². The Kier molecular flexibility index (Phi) is 9.25. The highest BCUT2D eigenvalue weighted by Gasteiger charge is 2.51. The van der Waals surface area contributed by atoms with Gasteiger partial charge in [0.2, 0.25) is 0 Å². The summed E-state index contributed by atoms with van der Waals surface area (Å²) in [7, 11) is 0. The van der Waals surface area contributed by atoms with Gasteiger partial charge in [-0.1, -0.05) is 206 Å². The molecule has 1 spiro atoms. The molecule has 3 heterocycles. The Bertz CT molecular complexity index is 4640. The lowest BCUT2D eigenvalue weighted by atomic mass is 9.65. The minimum atomic E-state index is -0.593. The molecule has 1 aliphatic carbocycles. The van der Waals surface area contributed by atoms with E-state index in [-0.39, 0.29) is 0 Å². The van der Waals surface area contributed by atoms with E-state index in [2.05, 4.69) is 299 Å². The zero-order chi connectivity index (χ0) is 49.9. The first-order valence-electron chi connectivity index (χ1n) is 26.3. The van der Waals surface area contributed by atoms with E-state index in [1.807, 2.05) is 0 Å². The van der Waals surface area contributed by atoms with Gasteiger partial charge in [-0.05, 0) is 140 Å². The van der Waals surface area contributed by atoms with E-state index in [4.69, 9.17) is 0 Å². The summed E-state index contributed by atoms with van der Waals surface area (Å²) < 4.78 is 4.91. The summed E-state index contributed by atoms with van der Waals surface area (Å²) in [6.45, 7) is 0. The molecule has 12 aromatic carbocycles. The molecule has 0 fully saturated rings. The van der Waals surface area contributed by atoms with Crippen molar-refractivity contribution in [1.29, 1.82) is 0 Å². The molecule has 76 heavy (non-hydrogen) atoms. The summed E-state index contributed by atoms with van der Waals surface area (Å²) in [5, 5.41) is 5.03.